The van der Waals surface area contributed by atoms with Crippen LogP contribution in [0.5, 0.6) is 0 Å². The predicted molar refractivity (Wildman–Crippen MR) is 55.3 cm³/mol. The first-order valence-electron chi connectivity index (χ1n) is 4.08. The summed E-state index contributed by atoms with van der Waals surface area (Å²) in [6, 6.07) is 6.07. The van der Waals surface area contributed by atoms with E-state index in [1.165, 1.54) is 11.6 Å². The molecule has 0 atom stereocenters. The first-order chi connectivity index (χ1) is 6.26. The number of rotatable bonds is 3. The van der Waals surface area contributed by atoms with Crippen molar-refractivity contribution in [2.45, 2.75) is 19.9 Å². The molecule has 0 bridgehead atoms. The molecule has 0 aliphatic carbocycles. The van der Waals surface area contributed by atoms with Crippen molar-refractivity contribution in [3.8, 4) is 0 Å². The van der Waals surface area contributed by atoms with Gasteiger partial charge in [-0.2, -0.15) is 0 Å². The zero-order valence-electron chi connectivity index (χ0n) is 7.38. The number of isocyanates is 1. The summed E-state index contributed by atoms with van der Waals surface area (Å²) >= 11 is 3.41. The Kier molecular flexibility index (Phi) is 3.87. The summed E-state index contributed by atoms with van der Waals surface area (Å²) in [5.41, 5.74) is 2.28. The van der Waals surface area contributed by atoms with E-state index in [1.807, 2.05) is 12.1 Å². The van der Waals surface area contributed by atoms with Gasteiger partial charge in [-0.15, -0.1) is 0 Å². The van der Waals surface area contributed by atoms with Crippen LogP contribution in [0.1, 0.15) is 18.1 Å². The molecule has 68 valence electrons. The lowest BCUT2D eigenvalue weighted by atomic mass is 10.1. The largest absolute Gasteiger partial charge is 0.235 e. The first-order valence-corrected chi connectivity index (χ1v) is 4.87. The summed E-state index contributed by atoms with van der Waals surface area (Å²) < 4.78 is 1.03. The van der Waals surface area contributed by atoms with Gasteiger partial charge in [-0.05, 0) is 29.7 Å². The lowest BCUT2D eigenvalue weighted by Crippen LogP contribution is -1.86. The van der Waals surface area contributed by atoms with E-state index in [0.717, 1.165) is 16.5 Å². The van der Waals surface area contributed by atoms with Gasteiger partial charge in [0.05, 0.1) is 6.54 Å². The molecule has 1 aromatic carbocycles. The van der Waals surface area contributed by atoms with E-state index in [4.69, 9.17) is 0 Å². The van der Waals surface area contributed by atoms with Gasteiger partial charge in [0.25, 0.3) is 0 Å². The molecule has 0 radical (unpaired) electrons. The van der Waals surface area contributed by atoms with Crippen LogP contribution in [0, 0.1) is 0 Å². The Labute approximate surface area is 85.8 Å². The van der Waals surface area contributed by atoms with Crippen molar-refractivity contribution >= 4 is 22.0 Å². The van der Waals surface area contributed by atoms with Crippen molar-refractivity contribution in [3.05, 3.63) is 33.8 Å². The molecule has 0 spiro atoms. The van der Waals surface area contributed by atoms with E-state index >= 15 is 0 Å². The van der Waals surface area contributed by atoms with Crippen molar-refractivity contribution in [2.75, 3.05) is 0 Å². The van der Waals surface area contributed by atoms with Crippen molar-refractivity contribution in [1.29, 1.82) is 0 Å². The minimum absolute atomic E-state index is 0.413. The Hall–Kier alpha value is -0.920. The maximum absolute atomic E-state index is 9.91. The Morgan fingerprint density at radius 3 is 2.69 bits per heavy atom. The molecular formula is C10H10BrNO. The normalized spacial score (nSPS) is 9.38. The second-order valence-corrected chi connectivity index (χ2v) is 3.64. The van der Waals surface area contributed by atoms with Gasteiger partial charge in [-0.1, -0.05) is 28.9 Å². The molecular weight excluding hydrogens is 230 g/mol. The highest BCUT2D eigenvalue weighted by Gasteiger charge is 1.97. The molecule has 0 N–H and O–H groups in total. The molecule has 0 saturated heterocycles. The Morgan fingerprint density at radius 1 is 1.38 bits per heavy atom. The number of aryl methyl sites for hydroxylation is 1. The zero-order chi connectivity index (χ0) is 9.68. The zero-order valence-corrected chi connectivity index (χ0v) is 8.97. The standard InChI is InChI=1S/C10H10BrNO/c1-2-8-3-9(6-12-7-13)5-10(11)4-8/h3-5H,2,6H2,1H3. The van der Waals surface area contributed by atoms with Crippen molar-refractivity contribution < 1.29 is 4.79 Å². The quantitative estimate of drug-likeness (QED) is 0.590. The predicted octanol–water partition coefficient (Wildman–Crippen LogP) is 2.85. The molecule has 3 heteroatoms. The highest BCUT2D eigenvalue weighted by Crippen LogP contribution is 2.16. The Balaban J connectivity index is 2.93. The van der Waals surface area contributed by atoms with Crippen LogP contribution in [-0.4, -0.2) is 6.08 Å². The lowest BCUT2D eigenvalue weighted by molar-refractivity contribution is 0.563. The third kappa shape index (κ3) is 3.13. The summed E-state index contributed by atoms with van der Waals surface area (Å²) in [5.74, 6) is 0. The van der Waals surface area contributed by atoms with E-state index in [1.54, 1.807) is 0 Å². The van der Waals surface area contributed by atoms with E-state index in [0.29, 0.717) is 6.54 Å². The molecule has 0 fully saturated rings. The van der Waals surface area contributed by atoms with Crippen LogP contribution in [0.3, 0.4) is 0 Å². The van der Waals surface area contributed by atoms with E-state index in [9.17, 15) is 4.79 Å². The van der Waals surface area contributed by atoms with Gasteiger partial charge in [-0.3, -0.25) is 0 Å². The highest BCUT2D eigenvalue weighted by atomic mass is 79.9. The molecule has 0 unspecified atom stereocenters. The van der Waals surface area contributed by atoms with Crippen LogP contribution in [0.4, 0.5) is 0 Å². The van der Waals surface area contributed by atoms with Gasteiger partial charge in [0, 0.05) is 4.47 Å². The first kappa shape index (κ1) is 10.2. The minimum Gasteiger partial charge on any atom is -0.211 e. The minimum atomic E-state index is 0.413. The molecule has 13 heavy (non-hydrogen) atoms. The summed E-state index contributed by atoms with van der Waals surface area (Å²) in [5, 5.41) is 0. The smallest absolute Gasteiger partial charge is 0.211 e. The molecule has 1 aromatic rings. The molecule has 0 amide bonds. The SMILES string of the molecule is CCc1cc(Br)cc(CN=C=O)c1. The average molecular weight is 240 g/mol. The highest BCUT2D eigenvalue weighted by molar-refractivity contribution is 9.10. The third-order valence-corrected chi connectivity index (χ3v) is 2.21. The molecule has 0 aliphatic heterocycles. The van der Waals surface area contributed by atoms with E-state index in [2.05, 4.69) is 33.9 Å². The third-order valence-electron chi connectivity index (χ3n) is 1.75. The number of carbonyl (C=O) groups excluding carboxylic acids is 1. The van der Waals surface area contributed by atoms with Crippen molar-refractivity contribution in [2.24, 2.45) is 4.99 Å². The summed E-state index contributed by atoms with van der Waals surface area (Å²) in [6.07, 6.45) is 2.52. The van der Waals surface area contributed by atoms with Gasteiger partial charge in [-0.25, -0.2) is 9.79 Å². The number of halogens is 1. The number of hydrogen-bond donors (Lipinski definition) is 0. The van der Waals surface area contributed by atoms with E-state index < -0.39 is 0 Å². The topological polar surface area (TPSA) is 29.4 Å². The van der Waals surface area contributed by atoms with Crippen LogP contribution in [0.2, 0.25) is 0 Å². The van der Waals surface area contributed by atoms with Gasteiger partial charge >= 0.3 is 0 Å². The van der Waals surface area contributed by atoms with Gasteiger partial charge in [0.15, 0.2) is 0 Å². The fourth-order valence-corrected chi connectivity index (χ4v) is 1.72. The summed E-state index contributed by atoms with van der Waals surface area (Å²) in [4.78, 5) is 13.4. The van der Waals surface area contributed by atoms with Crippen molar-refractivity contribution in [1.82, 2.24) is 0 Å². The maximum Gasteiger partial charge on any atom is 0.235 e. The molecule has 0 aromatic heterocycles. The number of hydrogen-bond acceptors (Lipinski definition) is 2. The summed E-state index contributed by atoms with van der Waals surface area (Å²) in [7, 11) is 0. The van der Waals surface area contributed by atoms with Gasteiger partial charge in [0.1, 0.15) is 0 Å². The van der Waals surface area contributed by atoms with Crippen LogP contribution >= 0.6 is 15.9 Å². The number of aliphatic imine (C=N–C) groups is 1. The molecule has 1 rings (SSSR count). The maximum atomic E-state index is 9.91. The van der Waals surface area contributed by atoms with Gasteiger partial charge < -0.3 is 0 Å². The van der Waals surface area contributed by atoms with Crippen molar-refractivity contribution in [3.63, 3.8) is 0 Å². The monoisotopic (exact) mass is 239 g/mol. The fraction of sp³-hybridized carbons (Fsp3) is 0.300. The van der Waals surface area contributed by atoms with Crippen LogP contribution in [0.25, 0.3) is 0 Å². The van der Waals surface area contributed by atoms with Crippen LogP contribution < -0.4 is 0 Å². The Bertz CT molecular complexity index is 343. The second-order valence-electron chi connectivity index (χ2n) is 2.73. The van der Waals surface area contributed by atoms with Crippen LogP contribution in [0.15, 0.2) is 27.7 Å². The number of benzene rings is 1. The van der Waals surface area contributed by atoms with Gasteiger partial charge in [0.2, 0.25) is 6.08 Å². The molecule has 2 nitrogen and oxygen atoms in total. The number of nitrogens with zero attached hydrogens (tertiary/aromatic N) is 1. The Morgan fingerprint density at radius 2 is 2.08 bits per heavy atom. The molecule has 0 aliphatic rings. The van der Waals surface area contributed by atoms with E-state index in [-0.39, 0.29) is 0 Å². The summed E-state index contributed by atoms with van der Waals surface area (Å²) in [6.45, 7) is 2.50. The average Bonchev–Trinajstić information content (AvgIpc) is 2.14. The molecule has 0 heterocycles. The van der Waals surface area contributed by atoms with Crippen LogP contribution in [-0.2, 0) is 17.8 Å². The fourth-order valence-electron chi connectivity index (χ4n) is 1.14. The lowest BCUT2D eigenvalue weighted by Gasteiger charge is -2.01. The molecule has 0 saturated carbocycles. The second kappa shape index (κ2) is 4.95.